The minimum atomic E-state index is 0.530. The van der Waals surface area contributed by atoms with Crippen LogP contribution in [0.2, 0.25) is 5.02 Å². The predicted molar refractivity (Wildman–Crippen MR) is 95.5 cm³/mol. The molecule has 0 aliphatic rings. The van der Waals surface area contributed by atoms with Crippen LogP contribution in [0.3, 0.4) is 0 Å². The monoisotopic (exact) mass is 349 g/mol. The second kappa shape index (κ2) is 5.92. The molecule has 0 aliphatic heterocycles. The molecule has 0 saturated heterocycles. The van der Waals surface area contributed by atoms with Crippen LogP contribution in [0.1, 0.15) is 5.56 Å². The van der Waals surface area contributed by atoms with Crippen LogP contribution in [-0.2, 0) is 7.05 Å². The second-order valence-corrected chi connectivity index (χ2v) is 5.84. The van der Waals surface area contributed by atoms with Crippen molar-refractivity contribution in [1.82, 2.24) is 25.0 Å². The van der Waals surface area contributed by atoms with Crippen LogP contribution in [0.25, 0.3) is 22.3 Å². The summed E-state index contributed by atoms with van der Waals surface area (Å²) in [5, 5.41) is 24.9. The van der Waals surface area contributed by atoms with E-state index < -0.39 is 0 Å². The quantitative estimate of drug-likeness (QED) is 0.589. The third kappa shape index (κ3) is 2.69. The highest BCUT2D eigenvalue weighted by Crippen LogP contribution is 2.32. The molecule has 2 heterocycles. The number of nitrogens with zero attached hydrogens (tertiary/aromatic N) is 5. The lowest BCUT2D eigenvalue weighted by atomic mass is 10.1. The minimum absolute atomic E-state index is 0.530. The van der Waals surface area contributed by atoms with E-state index in [-0.39, 0.29) is 0 Å². The first-order chi connectivity index (χ1) is 12.2. The molecule has 2 N–H and O–H groups in total. The number of rotatable bonds is 3. The Kier molecular flexibility index (Phi) is 3.60. The van der Waals surface area contributed by atoms with Gasteiger partial charge in [-0.3, -0.25) is 5.10 Å². The van der Waals surface area contributed by atoms with Crippen molar-refractivity contribution in [3.63, 3.8) is 0 Å². The number of nitriles is 1. The Morgan fingerprint density at radius 2 is 2.16 bits per heavy atom. The summed E-state index contributed by atoms with van der Waals surface area (Å²) in [5.74, 6) is 1.07. The van der Waals surface area contributed by atoms with E-state index in [1.807, 2.05) is 18.2 Å². The molecular formula is C17H12ClN7. The highest BCUT2D eigenvalue weighted by molar-refractivity contribution is 6.38. The van der Waals surface area contributed by atoms with Crippen LogP contribution >= 0.6 is 11.6 Å². The first-order valence-electron chi connectivity index (χ1n) is 7.46. The van der Waals surface area contributed by atoms with Crippen LogP contribution in [0, 0.1) is 11.3 Å². The normalized spacial score (nSPS) is 10.8. The molecule has 0 radical (unpaired) electrons. The summed E-state index contributed by atoms with van der Waals surface area (Å²) in [6.07, 6.45) is 1.68. The number of aryl methyl sites for hydroxylation is 1. The van der Waals surface area contributed by atoms with E-state index in [9.17, 15) is 0 Å². The van der Waals surface area contributed by atoms with Crippen molar-refractivity contribution in [1.29, 1.82) is 5.26 Å². The summed E-state index contributed by atoms with van der Waals surface area (Å²) >= 11 is 6.43. The van der Waals surface area contributed by atoms with Crippen molar-refractivity contribution in [2.45, 2.75) is 0 Å². The lowest BCUT2D eigenvalue weighted by molar-refractivity contribution is 0.778. The van der Waals surface area contributed by atoms with Gasteiger partial charge >= 0.3 is 0 Å². The molecule has 0 spiro atoms. The number of aromatic nitrogens is 5. The standard InChI is InChI=1S/C17H12ClN7/c1-25-17(21-14-6-5-13-12(15(14)18)9-20-23-13)22-16(24-25)11-4-2-3-10(7-11)8-19/h2-7,9H,1H3,(H,20,23)(H,21,22,24). The summed E-state index contributed by atoms with van der Waals surface area (Å²) < 4.78 is 1.63. The molecule has 2 aromatic carbocycles. The third-order valence-electron chi connectivity index (χ3n) is 3.82. The minimum Gasteiger partial charge on any atom is -0.323 e. The van der Waals surface area contributed by atoms with Gasteiger partial charge in [-0.2, -0.15) is 15.3 Å². The van der Waals surface area contributed by atoms with E-state index >= 15 is 0 Å². The number of benzene rings is 2. The maximum absolute atomic E-state index is 9.03. The molecule has 0 saturated carbocycles. The molecule has 0 fully saturated rings. The van der Waals surface area contributed by atoms with Crippen molar-refractivity contribution in [2.24, 2.45) is 7.05 Å². The molecule has 4 aromatic rings. The van der Waals surface area contributed by atoms with Crippen molar-refractivity contribution in [3.8, 4) is 17.5 Å². The summed E-state index contributed by atoms with van der Waals surface area (Å²) in [7, 11) is 1.79. The Morgan fingerprint density at radius 1 is 1.28 bits per heavy atom. The maximum Gasteiger partial charge on any atom is 0.225 e. The Hall–Kier alpha value is -3.37. The van der Waals surface area contributed by atoms with Gasteiger partial charge < -0.3 is 5.32 Å². The van der Waals surface area contributed by atoms with Crippen molar-refractivity contribution in [2.75, 3.05) is 5.32 Å². The van der Waals surface area contributed by atoms with Crippen molar-refractivity contribution in [3.05, 3.63) is 53.2 Å². The molecule has 8 heteroatoms. The van der Waals surface area contributed by atoms with Gasteiger partial charge in [0.05, 0.1) is 34.1 Å². The zero-order valence-corrected chi connectivity index (χ0v) is 13.9. The fourth-order valence-corrected chi connectivity index (χ4v) is 2.80. The number of H-pyrrole nitrogens is 1. The number of nitrogens with one attached hydrogen (secondary N) is 2. The first kappa shape index (κ1) is 15.2. The highest BCUT2D eigenvalue weighted by Gasteiger charge is 2.13. The van der Waals surface area contributed by atoms with Crippen LogP contribution in [-0.4, -0.2) is 25.0 Å². The predicted octanol–water partition coefficient (Wildman–Crippen LogP) is 3.63. The zero-order chi connectivity index (χ0) is 17.4. The molecular weight excluding hydrogens is 338 g/mol. The summed E-state index contributed by atoms with van der Waals surface area (Å²) in [6, 6.07) is 13.0. The number of anilines is 2. The molecule has 4 rings (SSSR count). The number of fused-ring (bicyclic) bond motifs is 1. The van der Waals surface area contributed by atoms with Gasteiger partial charge in [0, 0.05) is 18.0 Å². The molecule has 25 heavy (non-hydrogen) atoms. The summed E-state index contributed by atoms with van der Waals surface area (Å²) in [5.41, 5.74) is 2.91. The molecule has 0 amide bonds. The van der Waals surface area contributed by atoms with E-state index in [2.05, 4.69) is 31.7 Å². The lowest BCUT2D eigenvalue weighted by Crippen LogP contribution is -2.00. The van der Waals surface area contributed by atoms with Gasteiger partial charge in [0.15, 0.2) is 5.82 Å². The fraction of sp³-hybridized carbons (Fsp3) is 0.0588. The SMILES string of the molecule is Cn1nc(-c2cccc(C#N)c2)nc1Nc1ccc2[nH]ncc2c1Cl. The number of halogens is 1. The molecule has 0 unspecified atom stereocenters. The average molecular weight is 350 g/mol. The number of hydrogen-bond acceptors (Lipinski definition) is 5. The maximum atomic E-state index is 9.03. The number of aromatic amines is 1. The average Bonchev–Trinajstić information content (AvgIpc) is 3.25. The summed E-state index contributed by atoms with van der Waals surface area (Å²) in [4.78, 5) is 4.51. The van der Waals surface area contributed by atoms with Crippen LogP contribution in [0.15, 0.2) is 42.6 Å². The lowest BCUT2D eigenvalue weighted by Gasteiger charge is -2.07. The zero-order valence-electron chi connectivity index (χ0n) is 13.2. The largest absolute Gasteiger partial charge is 0.323 e. The van der Waals surface area contributed by atoms with Gasteiger partial charge in [-0.05, 0) is 24.3 Å². The Bertz CT molecular complexity index is 1120. The Labute approximate surface area is 147 Å². The van der Waals surface area contributed by atoms with E-state index in [0.29, 0.717) is 28.0 Å². The van der Waals surface area contributed by atoms with Gasteiger partial charge in [0.1, 0.15) is 0 Å². The molecule has 0 aliphatic carbocycles. The van der Waals surface area contributed by atoms with Crippen molar-refractivity contribution >= 4 is 34.1 Å². The molecule has 7 nitrogen and oxygen atoms in total. The van der Waals surface area contributed by atoms with Gasteiger partial charge in [0.25, 0.3) is 0 Å². The van der Waals surface area contributed by atoms with Crippen LogP contribution in [0.4, 0.5) is 11.6 Å². The fourth-order valence-electron chi connectivity index (χ4n) is 2.54. The van der Waals surface area contributed by atoms with E-state index in [1.54, 1.807) is 36.1 Å². The third-order valence-corrected chi connectivity index (χ3v) is 4.23. The Morgan fingerprint density at radius 3 is 3.00 bits per heavy atom. The van der Waals surface area contributed by atoms with Crippen molar-refractivity contribution < 1.29 is 0 Å². The van der Waals surface area contributed by atoms with Crippen LogP contribution in [0.5, 0.6) is 0 Å². The van der Waals surface area contributed by atoms with Gasteiger partial charge in [-0.15, -0.1) is 5.10 Å². The van der Waals surface area contributed by atoms with Gasteiger partial charge in [-0.25, -0.2) is 4.68 Å². The second-order valence-electron chi connectivity index (χ2n) is 5.46. The topological polar surface area (TPSA) is 95.2 Å². The molecule has 122 valence electrons. The molecule has 0 atom stereocenters. The van der Waals surface area contributed by atoms with E-state index in [1.165, 1.54) is 0 Å². The first-order valence-corrected chi connectivity index (χ1v) is 7.83. The van der Waals surface area contributed by atoms with E-state index in [0.717, 1.165) is 16.5 Å². The van der Waals surface area contributed by atoms with E-state index in [4.69, 9.17) is 16.9 Å². The Balaban J connectivity index is 1.70. The molecule has 2 aromatic heterocycles. The van der Waals surface area contributed by atoms with Crippen LogP contribution < -0.4 is 5.32 Å². The van der Waals surface area contributed by atoms with Gasteiger partial charge in [-0.1, -0.05) is 23.7 Å². The number of hydrogen-bond donors (Lipinski definition) is 2. The van der Waals surface area contributed by atoms with Gasteiger partial charge in [0.2, 0.25) is 5.95 Å². The smallest absolute Gasteiger partial charge is 0.225 e. The summed E-state index contributed by atoms with van der Waals surface area (Å²) in [6.45, 7) is 0. The highest BCUT2D eigenvalue weighted by atomic mass is 35.5. The molecule has 0 bridgehead atoms.